The Balaban J connectivity index is 2.15. The summed E-state index contributed by atoms with van der Waals surface area (Å²) in [7, 11) is 0. The predicted octanol–water partition coefficient (Wildman–Crippen LogP) is 3.48. The molecule has 1 heterocycles. The molecule has 0 saturated carbocycles. The van der Waals surface area contributed by atoms with Crippen LogP contribution >= 0.6 is 34.2 Å². The summed E-state index contributed by atoms with van der Waals surface area (Å²) in [5, 5.41) is 3.79. The van der Waals surface area contributed by atoms with Crippen LogP contribution in [-0.2, 0) is 0 Å². The van der Waals surface area contributed by atoms with Crippen molar-refractivity contribution in [1.82, 2.24) is 9.97 Å². The zero-order valence-electron chi connectivity index (χ0n) is 7.61. The molecule has 0 aliphatic rings. The third kappa shape index (κ3) is 3.04. The van der Waals surface area contributed by atoms with Crippen LogP contribution in [0.25, 0.3) is 0 Å². The van der Waals surface area contributed by atoms with Crippen LogP contribution in [0.2, 0.25) is 5.02 Å². The minimum absolute atomic E-state index is 0.581. The number of anilines is 2. The summed E-state index contributed by atoms with van der Waals surface area (Å²) < 4.78 is 1.01. The lowest BCUT2D eigenvalue weighted by atomic mass is 10.3. The number of benzene rings is 1. The molecule has 5 heteroatoms. The summed E-state index contributed by atoms with van der Waals surface area (Å²) >= 11 is 7.94. The number of hydrogen-bond donors (Lipinski definition) is 1. The summed E-state index contributed by atoms with van der Waals surface area (Å²) in [5.41, 5.74) is 0.917. The fourth-order valence-electron chi connectivity index (χ4n) is 1.04. The molecule has 0 spiro atoms. The summed E-state index contributed by atoms with van der Waals surface area (Å²) in [6, 6.07) is 7.39. The van der Waals surface area contributed by atoms with E-state index in [4.69, 9.17) is 11.6 Å². The molecule has 1 N–H and O–H groups in total. The highest BCUT2D eigenvalue weighted by atomic mass is 127. The van der Waals surface area contributed by atoms with Crippen molar-refractivity contribution in [3.05, 3.63) is 45.3 Å². The Hall–Kier alpha value is -0.880. The van der Waals surface area contributed by atoms with E-state index in [0.29, 0.717) is 11.0 Å². The molecule has 0 atom stereocenters. The highest BCUT2D eigenvalue weighted by molar-refractivity contribution is 14.1. The fourth-order valence-corrected chi connectivity index (χ4v) is 1.44. The minimum Gasteiger partial charge on any atom is -0.324 e. The van der Waals surface area contributed by atoms with Gasteiger partial charge in [0, 0.05) is 26.7 Å². The Morgan fingerprint density at radius 1 is 1.07 bits per heavy atom. The molecule has 0 fully saturated rings. The molecule has 1 aromatic carbocycles. The van der Waals surface area contributed by atoms with Crippen LogP contribution < -0.4 is 5.32 Å². The third-order valence-electron chi connectivity index (χ3n) is 1.72. The van der Waals surface area contributed by atoms with Crippen molar-refractivity contribution in [3.8, 4) is 0 Å². The molecule has 15 heavy (non-hydrogen) atoms. The first kappa shape index (κ1) is 10.6. The first-order valence-corrected chi connectivity index (χ1v) is 5.70. The van der Waals surface area contributed by atoms with Gasteiger partial charge in [0.1, 0.15) is 0 Å². The van der Waals surface area contributed by atoms with E-state index in [0.717, 1.165) is 9.26 Å². The first-order chi connectivity index (χ1) is 7.24. The van der Waals surface area contributed by atoms with Gasteiger partial charge in [-0.05, 0) is 46.9 Å². The molecule has 0 amide bonds. The molecule has 76 valence electrons. The molecule has 0 aliphatic heterocycles. The summed E-state index contributed by atoms with van der Waals surface area (Å²) in [6.07, 6.45) is 3.51. The van der Waals surface area contributed by atoms with Gasteiger partial charge < -0.3 is 5.32 Å². The van der Waals surface area contributed by atoms with Gasteiger partial charge in [0.2, 0.25) is 5.95 Å². The van der Waals surface area contributed by atoms with E-state index in [1.54, 1.807) is 12.4 Å². The topological polar surface area (TPSA) is 37.8 Å². The van der Waals surface area contributed by atoms with E-state index < -0.39 is 0 Å². The van der Waals surface area contributed by atoms with Crippen molar-refractivity contribution in [2.75, 3.05) is 5.32 Å². The predicted molar refractivity (Wildman–Crippen MR) is 69.5 cm³/mol. The molecular formula is C10H7ClIN3. The molecule has 2 aromatic rings. The zero-order chi connectivity index (χ0) is 10.7. The fraction of sp³-hybridized carbons (Fsp3) is 0. The number of rotatable bonds is 2. The minimum atomic E-state index is 0.581. The highest BCUT2D eigenvalue weighted by Crippen LogP contribution is 2.16. The molecule has 3 nitrogen and oxygen atoms in total. The lowest BCUT2D eigenvalue weighted by Crippen LogP contribution is -1.96. The van der Waals surface area contributed by atoms with Gasteiger partial charge in [0.05, 0.1) is 0 Å². The number of aromatic nitrogens is 2. The van der Waals surface area contributed by atoms with Gasteiger partial charge >= 0.3 is 0 Å². The van der Waals surface area contributed by atoms with Crippen molar-refractivity contribution in [3.63, 3.8) is 0 Å². The number of nitrogens with one attached hydrogen (secondary N) is 1. The van der Waals surface area contributed by atoms with Crippen molar-refractivity contribution < 1.29 is 0 Å². The SMILES string of the molecule is Clc1ccc(Nc2ncc(I)cn2)cc1. The van der Waals surface area contributed by atoms with Crippen molar-refractivity contribution in [1.29, 1.82) is 0 Å². The van der Waals surface area contributed by atoms with Crippen molar-refractivity contribution in [2.45, 2.75) is 0 Å². The lowest BCUT2D eigenvalue weighted by Gasteiger charge is -2.03. The Morgan fingerprint density at radius 2 is 1.67 bits per heavy atom. The Bertz CT molecular complexity index is 398. The van der Waals surface area contributed by atoms with Gasteiger partial charge in [-0.3, -0.25) is 0 Å². The molecule has 0 bridgehead atoms. The highest BCUT2D eigenvalue weighted by Gasteiger charge is 1.96. The van der Waals surface area contributed by atoms with Crippen LogP contribution in [0.5, 0.6) is 0 Å². The maximum atomic E-state index is 5.78. The molecule has 0 aliphatic carbocycles. The van der Waals surface area contributed by atoms with Gasteiger partial charge in [-0.1, -0.05) is 11.6 Å². The Labute approximate surface area is 106 Å². The number of hydrogen-bond acceptors (Lipinski definition) is 3. The molecule has 0 radical (unpaired) electrons. The average Bonchev–Trinajstić information content (AvgIpc) is 2.25. The van der Waals surface area contributed by atoms with Crippen molar-refractivity contribution in [2.24, 2.45) is 0 Å². The summed E-state index contributed by atoms with van der Waals surface area (Å²) in [4.78, 5) is 8.27. The Morgan fingerprint density at radius 3 is 2.27 bits per heavy atom. The van der Waals surface area contributed by atoms with Gasteiger partial charge in [0.15, 0.2) is 0 Å². The summed E-state index contributed by atoms with van der Waals surface area (Å²) in [5.74, 6) is 0.581. The second kappa shape index (κ2) is 4.76. The number of halogens is 2. The van der Waals surface area contributed by atoms with E-state index in [1.165, 1.54) is 0 Å². The quantitative estimate of drug-likeness (QED) is 0.856. The monoisotopic (exact) mass is 331 g/mol. The molecule has 0 unspecified atom stereocenters. The average molecular weight is 332 g/mol. The van der Waals surface area contributed by atoms with Gasteiger partial charge in [-0.25, -0.2) is 9.97 Å². The third-order valence-corrected chi connectivity index (χ3v) is 2.53. The van der Waals surface area contributed by atoms with E-state index in [2.05, 4.69) is 37.9 Å². The molecular weight excluding hydrogens is 324 g/mol. The van der Waals surface area contributed by atoms with Crippen LogP contribution in [0.3, 0.4) is 0 Å². The first-order valence-electron chi connectivity index (χ1n) is 4.24. The van der Waals surface area contributed by atoms with Gasteiger partial charge in [-0.2, -0.15) is 0 Å². The Kier molecular flexibility index (Phi) is 3.37. The smallest absolute Gasteiger partial charge is 0.227 e. The molecule has 1 aromatic heterocycles. The van der Waals surface area contributed by atoms with Crippen molar-refractivity contribution >= 4 is 45.8 Å². The molecule has 0 saturated heterocycles. The second-order valence-electron chi connectivity index (χ2n) is 2.86. The van der Waals surface area contributed by atoms with Crippen LogP contribution in [0.4, 0.5) is 11.6 Å². The van der Waals surface area contributed by atoms with E-state index in [9.17, 15) is 0 Å². The van der Waals surface area contributed by atoms with E-state index in [-0.39, 0.29) is 0 Å². The van der Waals surface area contributed by atoms with Gasteiger partial charge in [-0.15, -0.1) is 0 Å². The largest absolute Gasteiger partial charge is 0.324 e. The van der Waals surface area contributed by atoms with Crippen LogP contribution in [0.15, 0.2) is 36.7 Å². The standard InChI is InChI=1S/C10H7ClIN3/c11-7-1-3-9(4-2-7)15-10-13-5-8(12)6-14-10/h1-6H,(H,13,14,15). The number of nitrogens with zero attached hydrogens (tertiary/aromatic N) is 2. The van der Waals surface area contributed by atoms with E-state index in [1.807, 2.05) is 24.3 Å². The van der Waals surface area contributed by atoms with Crippen LogP contribution in [0, 0.1) is 3.57 Å². The normalized spacial score (nSPS) is 10.0. The lowest BCUT2D eigenvalue weighted by molar-refractivity contribution is 1.15. The van der Waals surface area contributed by atoms with Gasteiger partial charge in [0.25, 0.3) is 0 Å². The zero-order valence-corrected chi connectivity index (χ0v) is 10.5. The second-order valence-corrected chi connectivity index (χ2v) is 4.54. The maximum Gasteiger partial charge on any atom is 0.227 e. The summed E-state index contributed by atoms with van der Waals surface area (Å²) in [6.45, 7) is 0. The van der Waals surface area contributed by atoms with Crippen LogP contribution in [-0.4, -0.2) is 9.97 Å². The maximum absolute atomic E-state index is 5.78. The molecule has 2 rings (SSSR count). The van der Waals surface area contributed by atoms with E-state index >= 15 is 0 Å². The van der Waals surface area contributed by atoms with Crippen LogP contribution in [0.1, 0.15) is 0 Å².